The zero-order valence-electron chi connectivity index (χ0n) is 72.1. The first kappa shape index (κ1) is 91.8. The van der Waals surface area contributed by atoms with Crippen molar-refractivity contribution in [3.8, 4) is 96.6 Å². The van der Waals surface area contributed by atoms with Crippen molar-refractivity contribution >= 4 is 58.0 Å². The molecule has 0 radical (unpaired) electrons. The Labute approximate surface area is 770 Å². The van der Waals surface area contributed by atoms with E-state index >= 15 is 0 Å². The van der Waals surface area contributed by atoms with Crippen molar-refractivity contribution in [2.45, 2.75) is 140 Å². The van der Waals surface area contributed by atoms with E-state index in [0.29, 0.717) is 80.1 Å². The number of halogens is 12. The molecule has 16 aromatic rings. The van der Waals surface area contributed by atoms with Gasteiger partial charge in [-0.2, -0.15) is 0 Å². The number of rotatable bonds is 21. The van der Waals surface area contributed by atoms with Crippen LogP contribution in [0.4, 0.5) is 71.0 Å². The predicted octanol–water partition coefficient (Wildman–Crippen LogP) is 27.7. The van der Waals surface area contributed by atoms with Crippen LogP contribution in [0.3, 0.4) is 0 Å². The van der Waals surface area contributed by atoms with Gasteiger partial charge in [0.25, 0.3) is 23.6 Å². The van der Waals surface area contributed by atoms with Crippen molar-refractivity contribution in [1.29, 1.82) is 0 Å². The largest absolute Gasteiger partial charge is 0.573 e. The average molecular weight is 1870 g/mol. The van der Waals surface area contributed by atoms with Crippen molar-refractivity contribution in [1.82, 2.24) is 38.2 Å². The van der Waals surface area contributed by atoms with Crippen LogP contribution in [0, 0.1) is 53.5 Å². The van der Waals surface area contributed by atoms with Gasteiger partial charge in [0.2, 0.25) is 0 Å². The Morgan fingerprint density at radius 3 is 0.956 bits per heavy atom. The number of amides is 4. The topological polar surface area (TPSA) is 249 Å². The first-order chi connectivity index (χ1) is 65.2. The molecule has 33 heteroatoms. The molecule has 8 heterocycles. The van der Waals surface area contributed by atoms with Gasteiger partial charge in [0, 0.05) is 74.6 Å². The highest BCUT2D eigenvalue weighted by Gasteiger charge is 2.34. The van der Waals surface area contributed by atoms with E-state index in [1.807, 2.05) is 4.57 Å². The van der Waals surface area contributed by atoms with Gasteiger partial charge >= 0.3 is 6.36 Å². The minimum Gasteiger partial charge on any atom is -0.449 e. The van der Waals surface area contributed by atoms with E-state index in [0.717, 1.165) is 161 Å². The molecule has 135 heavy (non-hydrogen) atoms. The van der Waals surface area contributed by atoms with E-state index in [-0.39, 0.29) is 92.3 Å². The number of nitrogens with one attached hydrogen (secondary N) is 4. The molecule has 690 valence electrons. The fraction of sp³-hybridized carbons (Fsp3) is 0.216. The fourth-order valence-electron chi connectivity index (χ4n) is 17.3. The molecule has 8 aromatic carbocycles. The summed E-state index contributed by atoms with van der Waals surface area (Å²) in [6, 6.07) is 54.5. The lowest BCUT2D eigenvalue weighted by Crippen LogP contribution is -2.17. The van der Waals surface area contributed by atoms with Crippen molar-refractivity contribution in [3.05, 3.63) is 330 Å². The van der Waals surface area contributed by atoms with Crippen LogP contribution >= 0.6 is 11.6 Å². The van der Waals surface area contributed by atoms with Gasteiger partial charge in [-0.3, -0.25) is 19.2 Å². The number of furan rings is 4. The molecule has 20 rings (SSSR count). The van der Waals surface area contributed by atoms with Gasteiger partial charge in [-0.1, -0.05) is 63.0 Å². The lowest BCUT2D eigenvalue weighted by atomic mass is 10.1. The Hall–Kier alpha value is -15.1. The van der Waals surface area contributed by atoms with Crippen molar-refractivity contribution < 1.29 is 89.9 Å². The van der Waals surface area contributed by atoms with Crippen molar-refractivity contribution in [3.63, 3.8) is 0 Å². The molecule has 4 N–H and O–H groups in total. The number of ether oxygens (including phenoxy) is 1. The maximum absolute atomic E-state index is 14.1. The van der Waals surface area contributed by atoms with Gasteiger partial charge in [-0.15, -0.1) is 13.2 Å². The number of carbonyl (C=O) groups is 4. The van der Waals surface area contributed by atoms with Crippen LogP contribution in [0.2, 0.25) is 5.02 Å². The maximum atomic E-state index is 14.1. The summed E-state index contributed by atoms with van der Waals surface area (Å²) in [6.45, 7) is 1.72. The molecule has 0 bridgehead atoms. The van der Waals surface area contributed by atoms with Crippen LogP contribution in [0.1, 0.15) is 175 Å². The summed E-state index contributed by atoms with van der Waals surface area (Å²) in [7, 11) is 0. The number of nitrogens with zero attached hydrogens (tertiary/aromatic N) is 8. The molecule has 0 aliphatic heterocycles. The monoisotopic (exact) mass is 1860 g/mol. The number of hydrogen-bond acceptors (Lipinski definition) is 13. The Kier molecular flexibility index (Phi) is 27.6. The molecular formula is C102H84ClF11N12O9. The zero-order chi connectivity index (χ0) is 94.1. The standard InChI is InChI=1S/C26H21F4N3O3.C26H23F2N3O2.C25H20ClF2N3O2.C25H20F3N3O2/c27-17-7-5-16(6-8-17)23-24(33(15-31-23)19-3-1-2-4-19)21-13-14-22(35-21)25(34)32-18-9-11-20(12-10-18)36-26(28,29)30;1-16-14-19(28)10-11-21(16)30-26(32)23-13-12-22(33-23)25-24(17-6-8-18(27)9-7-17)29-15-31(25)20-4-2-3-5-20;26-16-7-10-20(19(28)13-16)30-25(32)22-12-11-21(33-22)24-23(15-5-8-17(27)9-6-15)29-14-31(24)18-3-1-2-4-18;26-16-7-5-15(6-8-16)23-24(31(14-29-23)18-3-1-2-4-18)21-11-12-22(33-21)25(32)30-17-9-10-19(27)20(28)13-17/h5-15,19H,1-4H2,(H,32,34);6-15,20H,2-5H2,1H3,(H,30,32);2*5-14,18H,1-4H2,(H,30,32). The highest BCUT2D eigenvalue weighted by Crippen LogP contribution is 2.46. The van der Waals surface area contributed by atoms with Crippen molar-refractivity contribution in [2.75, 3.05) is 21.3 Å². The van der Waals surface area contributed by atoms with E-state index in [1.165, 1.54) is 109 Å². The number of anilines is 4. The first-order valence-corrected chi connectivity index (χ1v) is 44.1. The van der Waals surface area contributed by atoms with E-state index in [1.54, 1.807) is 117 Å². The number of hydrogen-bond donors (Lipinski definition) is 4. The molecule has 8 aromatic heterocycles. The molecule has 0 saturated heterocycles. The molecule has 4 aliphatic carbocycles. The summed E-state index contributed by atoms with van der Waals surface area (Å²) in [5.74, 6) is -4.93. The molecule has 0 spiro atoms. The number of imidazole rings is 4. The average Bonchev–Trinajstić information content (AvgIpc) is 1.64. The summed E-state index contributed by atoms with van der Waals surface area (Å²) in [5, 5.41) is 10.6. The molecule has 0 atom stereocenters. The van der Waals surface area contributed by atoms with Crippen LogP contribution in [-0.2, 0) is 0 Å². The summed E-state index contributed by atoms with van der Waals surface area (Å²) in [6.07, 6.45) is 19.4. The second-order valence-corrected chi connectivity index (χ2v) is 33.4. The van der Waals surface area contributed by atoms with Crippen LogP contribution < -0.4 is 26.0 Å². The molecule has 4 aliphatic rings. The predicted molar refractivity (Wildman–Crippen MR) is 485 cm³/mol. The SMILES string of the molecule is Cc1cc(F)ccc1NC(=O)c1ccc(-c2c(-c3ccc(F)cc3)ncn2C2CCCC2)o1.O=C(Nc1ccc(Cl)cc1F)c1ccc(-c2c(-c3ccc(F)cc3)ncn2C2CCCC2)o1.O=C(Nc1ccc(F)c(F)c1)c1ccc(-c2c(-c3ccc(F)cc3)ncn2C2CCCC2)o1.O=C(Nc1ccc(OC(F)(F)F)cc1)c1ccc(-c2c(-c3ccc(F)cc3)ncn2C2CCCC2)o1. The van der Waals surface area contributed by atoms with E-state index in [9.17, 15) is 67.5 Å². The zero-order valence-corrected chi connectivity index (χ0v) is 72.8. The number of aromatic nitrogens is 8. The van der Waals surface area contributed by atoms with E-state index < -0.39 is 53.2 Å². The fourth-order valence-corrected chi connectivity index (χ4v) is 17.5. The van der Waals surface area contributed by atoms with Crippen LogP contribution in [0.15, 0.2) is 267 Å². The van der Waals surface area contributed by atoms with Gasteiger partial charge < -0.3 is 61.9 Å². The minimum atomic E-state index is -4.80. The highest BCUT2D eigenvalue weighted by atomic mass is 35.5. The first-order valence-electron chi connectivity index (χ1n) is 43.7. The van der Waals surface area contributed by atoms with Crippen LogP contribution in [0.25, 0.3) is 90.8 Å². The minimum absolute atomic E-state index is 0.00495. The Bertz CT molecular complexity index is 6710. The number of benzene rings is 8. The lowest BCUT2D eigenvalue weighted by Gasteiger charge is -2.15. The van der Waals surface area contributed by atoms with E-state index in [4.69, 9.17) is 29.3 Å². The number of carbonyl (C=O) groups excluding carboxylic acids is 4. The van der Waals surface area contributed by atoms with Gasteiger partial charge in [-0.05, 0) is 282 Å². The third kappa shape index (κ3) is 21.5. The van der Waals surface area contributed by atoms with E-state index in [2.05, 4.69) is 59.6 Å². The summed E-state index contributed by atoms with van der Waals surface area (Å²) >= 11 is 5.77. The Balaban J connectivity index is 0.000000125. The Morgan fingerprint density at radius 1 is 0.333 bits per heavy atom. The van der Waals surface area contributed by atoms with Crippen LogP contribution in [0.5, 0.6) is 5.75 Å². The van der Waals surface area contributed by atoms with Crippen LogP contribution in [-0.4, -0.2) is 68.2 Å². The Morgan fingerprint density at radius 2 is 0.637 bits per heavy atom. The summed E-state index contributed by atoms with van der Waals surface area (Å²) in [5.41, 5.74) is 9.95. The maximum Gasteiger partial charge on any atom is 0.573 e. The number of alkyl halides is 3. The van der Waals surface area contributed by atoms with Crippen molar-refractivity contribution in [2.24, 2.45) is 0 Å². The lowest BCUT2D eigenvalue weighted by molar-refractivity contribution is -0.274. The van der Waals surface area contributed by atoms with Gasteiger partial charge in [0.1, 0.15) is 63.4 Å². The molecule has 4 saturated carbocycles. The molecule has 0 unspecified atom stereocenters. The third-order valence-corrected chi connectivity index (χ3v) is 24.1. The second-order valence-electron chi connectivity index (χ2n) is 32.9. The molecule has 4 fully saturated rings. The summed E-state index contributed by atoms with van der Waals surface area (Å²) < 4.78 is 181. The molecular weight excluding hydrogens is 1780 g/mol. The third-order valence-electron chi connectivity index (χ3n) is 23.9. The van der Waals surface area contributed by atoms with Gasteiger partial charge in [-0.25, -0.2) is 55.1 Å². The highest BCUT2D eigenvalue weighted by molar-refractivity contribution is 6.30. The molecule has 4 amide bonds. The van der Waals surface area contributed by atoms with Gasteiger partial charge in [0.05, 0.1) is 53.8 Å². The quantitative estimate of drug-likeness (QED) is 0.0489. The smallest absolute Gasteiger partial charge is 0.449 e. The van der Waals surface area contributed by atoms with Gasteiger partial charge in [0.15, 0.2) is 57.7 Å². The summed E-state index contributed by atoms with van der Waals surface area (Å²) in [4.78, 5) is 69.3. The normalized spacial score (nSPS) is 14.1. The molecule has 21 nitrogen and oxygen atoms in total. The number of aryl methyl sites for hydroxylation is 1. The second kappa shape index (κ2) is 40.6.